The van der Waals surface area contributed by atoms with E-state index in [0.29, 0.717) is 18.0 Å². The molecule has 1 aromatic rings. The molecule has 6 heteroatoms. The van der Waals surface area contributed by atoms with Crippen molar-refractivity contribution >= 4 is 10.0 Å². The summed E-state index contributed by atoms with van der Waals surface area (Å²) in [7, 11) is -3.56. The Hall–Kier alpha value is -0.950. The topological polar surface area (TPSA) is 69.6 Å². The third kappa shape index (κ3) is 3.20. The van der Waals surface area contributed by atoms with Crippen LogP contribution in [0, 0.1) is 0 Å². The van der Waals surface area contributed by atoms with Crippen LogP contribution >= 0.6 is 0 Å². The lowest BCUT2D eigenvalue weighted by Gasteiger charge is -2.27. The van der Waals surface area contributed by atoms with E-state index in [1.54, 1.807) is 32.9 Å². The van der Waals surface area contributed by atoms with Crippen LogP contribution in [0.4, 0.5) is 0 Å². The van der Waals surface area contributed by atoms with Crippen LogP contribution < -0.4 is 5.32 Å². The smallest absolute Gasteiger partial charge is 0.243 e. The van der Waals surface area contributed by atoms with Gasteiger partial charge in [0, 0.05) is 26.2 Å². The first-order chi connectivity index (χ1) is 9.24. The molecular formula is C14H22N2O3S. The molecule has 1 aromatic carbocycles. The van der Waals surface area contributed by atoms with Crippen LogP contribution in [0.2, 0.25) is 0 Å². The standard InChI is InChI=1S/C14H22N2O3S/c1-4-16(10-14(2,3)17)20(18,19)13-6-5-11-8-15-9-12(11)7-13/h5-7,15,17H,4,8-10H2,1-3H3. The maximum atomic E-state index is 12.6. The number of hydrogen-bond donors (Lipinski definition) is 2. The molecule has 1 aliphatic heterocycles. The van der Waals surface area contributed by atoms with E-state index < -0.39 is 15.6 Å². The Morgan fingerprint density at radius 2 is 1.95 bits per heavy atom. The van der Waals surface area contributed by atoms with Gasteiger partial charge in [-0.05, 0) is 37.1 Å². The number of hydrogen-bond acceptors (Lipinski definition) is 4. The summed E-state index contributed by atoms with van der Waals surface area (Å²) in [6.45, 7) is 6.91. The van der Waals surface area contributed by atoms with Crippen LogP contribution in [-0.4, -0.2) is 36.5 Å². The number of likely N-dealkylation sites (N-methyl/N-ethyl adjacent to an activating group) is 1. The molecule has 2 rings (SSSR count). The van der Waals surface area contributed by atoms with Crippen molar-refractivity contribution in [3.63, 3.8) is 0 Å². The molecule has 0 bridgehead atoms. The van der Waals surface area contributed by atoms with E-state index in [2.05, 4.69) is 5.32 Å². The van der Waals surface area contributed by atoms with Crippen LogP contribution in [0.25, 0.3) is 0 Å². The summed E-state index contributed by atoms with van der Waals surface area (Å²) < 4.78 is 26.6. The van der Waals surface area contributed by atoms with Crippen LogP contribution in [0.3, 0.4) is 0 Å². The molecule has 0 amide bonds. The minimum Gasteiger partial charge on any atom is -0.389 e. The molecule has 0 aromatic heterocycles. The number of nitrogens with one attached hydrogen (secondary N) is 1. The Morgan fingerprint density at radius 3 is 2.55 bits per heavy atom. The fourth-order valence-corrected chi connectivity index (χ4v) is 4.03. The zero-order chi connectivity index (χ0) is 15.0. The second kappa shape index (κ2) is 5.44. The van der Waals surface area contributed by atoms with Crippen LogP contribution in [-0.2, 0) is 23.1 Å². The van der Waals surface area contributed by atoms with Crippen LogP contribution in [0.5, 0.6) is 0 Å². The molecule has 0 unspecified atom stereocenters. The van der Waals surface area contributed by atoms with Gasteiger partial charge in [0.25, 0.3) is 0 Å². The summed E-state index contributed by atoms with van der Waals surface area (Å²) in [6.07, 6.45) is 0. The molecular weight excluding hydrogens is 276 g/mol. The zero-order valence-electron chi connectivity index (χ0n) is 12.2. The first-order valence-electron chi connectivity index (χ1n) is 6.79. The number of aliphatic hydroxyl groups is 1. The van der Waals surface area contributed by atoms with E-state index >= 15 is 0 Å². The van der Waals surface area contributed by atoms with Gasteiger partial charge in [0.2, 0.25) is 10.0 Å². The van der Waals surface area contributed by atoms with Gasteiger partial charge in [-0.3, -0.25) is 0 Å². The van der Waals surface area contributed by atoms with Crippen molar-refractivity contribution in [3.05, 3.63) is 29.3 Å². The summed E-state index contributed by atoms with van der Waals surface area (Å²) in [4.78, 5) is 0.297. The summed E-state index contributed by atoms with van der Waals surface area (Å²) in [5, 5.41) is 13.1. The van der Waals surface area contributed by atoms with Crippen LogP contribution in [0.1, 0.15) is 31.9 Å². The van der Waals surface area contributed by atoms with Crippen molar-refractivity contribution in [2.24, 2.45) is 0 Å². The average molecular weight is 298 g/mol. The second-order valence-electron chi connectivity index (χ2n) is 5.78. The van der Waals surface area contributed by atoms with Gasteiger partial charge in [0.05, 0.1) is 10.5 Å². The summed E-state index contributed by atoms with van der Waals surface area (Å²) >= 11 is 0. The Balaban J connectivity index is 2.33. The van der Waals surface area contributed by atoms with Crippen molar-refractivity contribution < 1.29 is 13.5 Å². The van der Waals surface area contributed by atoms with Crippen molar-refractivity contribution in [2.45, 2.75) is 44.4 Å². The average Bonchev–Trinajstić information content (AvgIpc) is 2.81. The zero-order valence-corrected chi connectivity index (χ0v) is 13.0. The lowest BCUT2D eigenvalue weighted by atomic mass is 10.1. The Kier molecular flexibility index (Phi) is 4.20. The first kappa shape index (κ1) is 15.4. The van der Waals surface area contributed by atoms with Gasteiger partial charge < -0.3 is 10.4 Å². The molecule has 5 nitrogen and oxygen atoms in total. The molecule has 112 valence electrons. The van der Waals surface area contributed by atoms with E-state index in [0.717, 1.165) is 17.7 Å². The lowest BCUT2D eigenvalue weighted by Crippen LogP contribution is -2.42. The predicted octanol–water partition coefficient (Wildman–Crippen LogP) is 1.07. The molecule has 2 N–H and O–H groups in total. The van der Waals surface area contributed by atoms with Gasteiger partial charge in [-0.2, -0.15) is 4.31 Å². The van der Waals surface area contributed by atoms with Gasteiger partial charge in [-0.25, -0.2) is 8.42 Å². The molecule has 1 aliphatic rings. The molecule has 0 spiro atoms. The van der Waals surface area contributed by atoms with E-state index in [9.17, 15) is 13.5 Å². The quantitative estimate of drug-likeness (QED) is 0.853. The first-order valence-corrected chi connectivity index (χ1v) is 8.23. The largest absolute Gasteiger partial charge is 0.389 e. The third-order valence-electron chi connectivity index (χ3n) is 3.36. The SMILES string of the molecule is CCN(CC(C)(C)O)S(=O)(=O)c1ccc2c(c1)CNC2. The minimum absolute atomic E-state index is 0.0845. The Labute approximate surface area is 120 Å². The van der Waals surface area contributed by atoms with E-state index in [1.807, 2.05) is 6.07 Å². The molecule has 0 saturated heterocycles. The molecule has 1 heterocycles. The summed E-state index contributed by atoms with van der Waals surface area (Å²) in [6, 6.07) is 5.24. The van der Waals surface area contributed by atoms with Gasteiger partial charge in [-0.15, -0.1) is 0 Å². The molecule has 20 heavy (non-hydrogen) atoms. The van der Waals surface area contributed by atoms with Gasteiger partial charge in [-0.1, -0.05) is 13.0 Å². The maximum absolute atomic E-state index is 12.6. The number of fused-ring (bicyclic) bond motifs is 1. The normalized spacial score (nSPS) is 15.7. The number of nitrogens with zero attached hydrogens (tertiary/aromatic N) is 1. The second-order valence-corrected chi connectivity index (χ2v) is 7.72. The third-order valence-corrected chi connectivity index (χ3v) is 5.28. The fourth-order valence-electron chi connectivity index (χ4n) is 2.38. The van der Waals surface area contributed by atoms with Crippen molar-refractivity contribution in [1.29, 1.82) is 0 Å². The van der Waals surface area contributed by atoms with E-state index in [-0.39, 0.29) is 6.54 Å². The van der Waals surface area contributed by atoms with Crippen molar-refractivity contribution in [2.75, 3.05) is 13.1 Å². The lowest BCUT2D eigenvalue weighted by molar-refractivity contribution is 0.0601. The highest BCUT2D eigenvalue weighted by molar-refractivity contribution is 7.89. The summed E-state index contributed by atoms with van der Waals surface area (Å²) in [5.41, 5.74) is 1.13. The van der Waals surface area contributed by atoms with Gasteiger partial charge in [0.1, 0.15) is 0 Å². The number of rotatable bonds is 5. The minimum atomic E-state index is -3.56. The number of sulfonamides is 1. The molecule has 0 saturated carbocycles. The number of benzene rings is 1. The maximum Gasteiger partial charge on any atom is 0.243 e. The molecule has 0 fully saturated rings. The van der Waals surface area contributed by atoms with Gasteiger partial charge in [0.15, 0.2) is 0 Å². The van der Waals surface area contributed by atoms with Gasteiger partial charge >= 0.3 is 0 Å². The highest BCUT2D eigenvalue weighted by atomic mass is 32.2. The van der Waals surface area contributed by atoms with E-state index in [4.69, 9.17) is 0 Å². The molecule has 0 aliphatic carbocycles. The van der Waals surface area contributed by atoms with Crippen LogP contribution in [0.15, 0.2) is 23.1 Å². The predicted molar refractivity (Wildman–Crippen MR) is 77.7 cm³/mol. The molecule has 0 atom stereocenters. The van der Waals surface area contributed by atoms with E-state index in [1.165, 1.54) is 4.31 Å². The molecule has 0 radical (unpaired) electrons. The highest BCUT2D eigenvalue weighted by Crippen LogP contribution is 2.23. The highest BCUT2D eigenvalue weighted by Gasteiger charge is 2.29. The Morgan fingerprint density at radius 1 is 1.30 bits per heavy atom. The fraction of sp³-hybridized carbons (Fsp3) is 0.571. The Bertz CT molecular complexity index is 591. The summed E-state index contributed by atoms with van der Waals surface area (Å²) in [5.74, 6) is 0. The van der Waals surface area contributed by atoms with Crippen molar-refractivity contribution in [3.8, 4) is 0 Å². The monoisotopic (exact) mass is 298 g/mol. The van der Waals surface area contributed by atoms with Crippen molar-refractivity contribution in [1.82, 2.24) is 9.62 Å².